The molecule has 34 heavy (non-hydrogen) atoms. The minimum atomic E-state index is -0.826. The molecule has 0 N–H and O–H groups in total. The summed E-state index contributed by atoms with van der Waals surface area (Å²) in [6.07, 6.45) is 2.10. The van der Waals surface area contributed by atoms with Crippen molar-refractivity contribution in [3.8, 4) is 22.3 Å². The number of hydrogen-bond donors (Lipinski definition) is 0. The quantitative estimate of drug-likeness (QED) is 0.142. The zero-order chi connectivity index (χ0) is 24.2. The van der Waals surface area contributed by atoms with Crippen molar-refractivity contribution >= 4 is 26.5 Å². The third-order valence-electron chi connectivity index (χ3n) is 5.81. The van der Waals surface area contributed by atoms with E-state index in [9.17, 15) is 0 Å². The second kappa shape index (κ2) is 14.8. The Bertz CT molecular complexity index is 998. The molecule has 0 amide bonds. The van der Waals surface area contributed by atoms with E-state index < -0.39 is 20.8 Å². The predicted octanol–water partition coefficient (Wildman–Crippen LogP) is 8.79. The Morgan fingerprint density at radius 3 is 1.41 bits per heavy atom. The van der Waals surface area contributed by atoms with Crippen molar-refractivity contribution in [2.45, 2.75) is 38.8 Å². The molecule has 4 aromatic rings. The van der Waals surface area contributed by atoms with Gasteiger partial charge in [0, 0.05) is 9.52 Å². The molecule has 0 heterocycles. The molecule has 0 saturated heterocycles. The molecular formula is C30H29Cl2SiZr. The van der Waals surface area contributed by atoms with Crippen molar-refractivity contribution < 1.29 is 20.8 Å². The topological polar surface area (TPSA) is 0 Å². The Morgan fingerprint density at radius 1 is 0.647 bits per heavy atom. The van der Waals surface area contributed by atoms with Gasteiger partial charge in [-0.2, -0.15) is 59.7 Å². The van der Waals surface area contributed by atoms with Gasteiger partial charge in [-0.25, -0.2) is 0 Å². The molecule has 0 saturated carbocycles. The SMILES string of the molecule is CC[SiH]CC.[Cl][Zr+2][Cl].[c-]1cccc2c1Cc1ccccc1-2.[c-]1cccc2c1Cc1ccccc1-2. The number of rotatable bonds is 2. The molecule has 171 valence electrons. The average molecular weight is 580 g/mol. The molecular weight excluding hydrogens is 551 g/mol. The van der Waals surface area contributed by atoms with Gasteiger partial charge in [0.05, 0.1) is 0 Å². The molecule has 0 nitrogen and oxygen atoms in total. The summed E-state index contributed by atoms with van der Waals surface area (Å²) in [6.45, 7) is 4.50. The number of hydrogen-bond acceptors (Lipinski definition) is 0. The van der Waals surface area contributed by atoms with Crippen molar-refractivity contribution in [1.82, 2.24) is 0 Å². The molecule has 4 heteroatoms. The van der Waals surface area contributed by atoms with E-state index in [1.54, 1.807) is 0 Å². The fourth-order valence-electron chi connectivity index (χ4n) is 4.28. The van der Waals surface area contributed by atoms with Gasteiger partial charge in [0.25, 0.3) is 0 Å². The zero-order valence-electron chi connectivity index (χ0n) is 19.7. The van der Waals surface area contributed by atoms with Crippen LogP contribution < -0.4 is 0 Å². The van der Waals surface area contributed by atoms with Crippen molar-refractivity contribution in [2.24, 2.45) is 0 Å². The molecule has 2 aliphatic carbocycles. The Labute approximate surface area is 226 Å². The van der Waals surface area contributed by atoms with Crippen LogP contribution in [0.4, 0.5) is 0 Å². The summed E-state index contributed by atoms with van der Waals surface area (Å²) in [5.74, 6) is 0. The summed E-state index contributed by atoms with van der Waals surface area (Å²) >= 11 is -0.826. The first-order chi connectivity index (χ1) is 16.7. The van der Waals surface area contributed by atoms with E-state index >= 15 is 0 Å². The van der Waals surface area contributed by atoms with Gasteiger partial charge in [-0.1, -0.05) is 96.7 Å². The maximum atomic E-state index is 4.93. The first kappa shape index (κ1) is 27.2. The molecule has 0 bridgehead atoms. The summed E-state index contributed by atoms with van der Waals surface area (Å²) in [4.78, 5) is 0. The molecule has 0 spiro atoms. The average Bonchev–Trinajstić information content (AvgIpc) is 3.44. The van der Waals surface area contributed by atoms with E-state index in [1.807, 2.05) is 12.1 Å². The van der Waals surface area contributed by atoms with Crippen LogP contribution in [0.5, 0.6) is 0 Å². The minimum absolute atomic E-state index is 0.815. The van der Waals surface area contributed by atoms with Crippen LogP contribution in [0.25, 0.3) is 22.3 Å². The Hall–Kier alpha value is -1.44. The van der Waals surface area contributed by atoms with E-state index in [1.165, 1.54) is 56.6 Å². The van der Waals surface area contributed by atoms with E-state index in [0.717, 1.165) is 22.4 Å². The van der Waals surface area contributed by atoms with Crippen LogP contribution in [0.1, 0.15) is 36.1 Å². The van der Waals surface area contributed by atoms with Crippen LogP contribution in [0.3, 0.4) is 0 Å². The zero-order valence-corrected chi connectivity index (χ0v) is 24.9. The molecule has 1 radical (unpaired) electrons. The summed E-state index contributed by atoms with van der Waals surface area (Å²) < 4.78 is 0. The van der Waals surface area contributed by atoms with Crippen molar-refractivity contribution in [3.63, 3.8) is 0 Å². The van der Waals surface area contributed by atoms with Crippen LogP contribution >= 0.6 is 17.0 Å². The maximum absolute atomic E-state index is 4.93. The first-order valence-electron chi connectivity index (χ1n) is 11.7. The Balaban J connectivity index is 0.000000147. The van der Waals surface area contributed by atoms with Gasteiger partial charge >= 0.3 is 37.9 Å². The smallest absolute Gasteiger partial charge is 0.0253 e. The number of fused-ring (bicyclic) bond motifs is 6. The molecule has 0 atom stereocenters. The van der Waals surface area contributed by atoms with E-state index in [-0.39, 0.29) is 0 Å². The fourth-order valence-corrected chi connectivity index (χ4v) is 4.86. The van der Waals surface area contributed by atoms with Crippen LogP contribution in [0.2, 0.25) is 12.1 Å². The summed E-state index contributed by atoms with van der Waals surface area (Å²) in [5, 5.41) is 0. The van der Waals surface area contributed by atoms with Crippen molar-refractivity contribution in [1.29, 1.82) is 0 Å². The summed E-state index contributed by atoms with van der Waals surface area (Å²) in [6, 6.07) is 39.1. The molecule has 6 rings (SSSR count). The standard InChI is InChI=1S/2C13H9.C4H11Si.2ClH.Zr/c2*1-3-7-12-10(5-1)9-11-6-2-4-8-13(11)12;1-3-5-4-2;;;/h2*1-5,7-8H,9H2;5H,3-4H2,1-2H3;2*1H;/q2*-1;;;;+4/p-2. The van der Waals surface area contributed by atoms with Crippen molar-refractivity contribution in [2.75, 3.05) is 0 Å². The number of halogens is 2. The second-order valence-corrected chi connectivity index (χ2v) is 13.9. The van der Waals surface area contributed by atoms with Gasteiger partial charge in [-0.3, -0.25) is 0 Å². The van der Waals surface area contributed by atoms with Crippen LogP contribution in [0, 0.1) is 12.1 Å². The summed E-state index contributed by atoms with van der Waals surface area (Å²) in [5.41, 5.74) is 11.0. The first-order valence-corrected chi connectivity index (χ1v) is 19.6. The van der Waals surface area contributed by atoms with Crippen LogP contribution in [-0.4, -0.2) is 9.52 Å². The predicted molar refractivity (Wildman–Crippen MR) is 147 cm³/mol. The molecule has 2 aliphatic rings. The summed E-state index contributed by atoms with van der Waals surface area (Å²) in [7, 11) is 10.7. The normalized spacial score (nSPS) is 10.9. The monoisotopic (exact) mass is 577 g/mol. The third-order valence-corrected chi connectivity index (χ3v) is 6.97. The number of benzene rings is 4. The van der Waals surface area contributed by atoms with Crippen LogP contribution in [0.15, 0.2) is 84.9 Å². The molecule has 0 aromatic heterocycles. The van der Waals surface area contributed by atoms with Gasteiger partial charge in [0.15, 0.2) is 0 Å². The van der Waals surface area contributed by atoms with E-state index in [0.29, 0.717) is 0 Å². The molecule has 0 unspecified atom stereocenters. The second-order valence-electron chi connectivity index (χ2n) is 7.97. The van der Waals surface area contributed by atoms with Crippen LogP contribution in [-0.2, 0) is 33.7 Å². The van der Waals surface area contributed by atoms with E-state index in [2.05, 4.69) is 98.8 Å². The van der Waals surface area contributed by atoms with Gasteiger partial charge < -0.3 is 0 Å². The fraction of sp³-hybridized carbons (Fsp3) is 0.200. The van der Waals surface area contributed by atoms with Gasteiger partial charge in [-0.15, -0.1) is 11.1 Å². The van der Waals surface area contributed by atoms with E-state index in [4.69, 9.17) is 17.0 Å². The largest absolute Gasteiger partial charge is 0.179 e. The Morgan fingerprint density at radius 2 is 1.03 bits per heavy atom. The van der Waals surface area contributed by atoms with Gasteiger partial charge in [0.2, 0.25) is 0 Å². The Kier molecular flexibility index (Phi) is 11.9. The van der Waals surface area contributed by atoms with Gasteiger partial charge in [-0.05, 0) is 12.8 Å². The molecule has 0 aliphatic heterocycles. The van der Waals surface area contributed by atoms with Crippen molar-refractivity contribution in [3.05, 3.63) is 119 Å². The van der Waals surface area contributed by atoms with Gasteiger partial charge in [0.1, 0.15) is 0 Å². The maximum Gasteiger partial charge on any atom is -0.0253 e. The molecule has 4 aromatic carbocycles. The minimum Gasteiger partial charge on any atom is -0.179 e. The molecule has 0 fully saturated rings. The third kappa shape index (κ3) is 7.28.